The molecule has 1 unspecified atom stereocenters. The zero-order chi connectivity index (χ0) is 15.8. The van der Waals surface area contributed by atoms with Gasteiger partial charge in [-0.3, -0.25) is 0 Å². The molecule has 1 saturated heterocycles. The summed E-state index contributed by atoms with van der Waals surface area (Å²) in [5.74, 6) is -6.39. The average molecular weight is 317 g/mol. The van der Waals surface area contributed by atoms with Gasteiger partial charge in [0.1, 0.15) is 5.60 Å². The first-order valence-corrected chi connectivity index (χ1v) is 7.63. The lowest BCUT2D eigenvalue weighted by Gasteiger charge is -2.38. The Kier molecular flexibility index (Phi) is 4.62. The Morgan fingerprint density at radius 1 is 1.40 bits per heavy atom. The molecule has 1 aliphatic heterocycles. The molecule has 0 bridgehead atoms. The Bertz CT molecular complexity index is 473. The highest BCUT2D eigenvalue weighted by Crippen LogP contribution is 2.35. The van der Waals surface area contributed by atoms with Crippen LogP contribution in [0.5, 0.6) is 0 Å². The van der Waals surface area contributed by atoms with Crippen LogP contribution in [0.4, 0.5) is 17.5 Å². The predicted molar refractivity (Wildman–Crippen MR) is 65.8 cm³/mol. The number of amides is 1. The summed E-state index contributed by atoms with van der Waals surface area (Å²) in [5, 5.41) is 0. The summed E-state index contributed by atoms with van der Waals surface area (Å²) in [4.78, 5) is 12.7. The number of likely N-dealkylation sites (tertiary alicyclic amines) is 1. The number of alkyl halides is 2. The molecule has 9 heteroatoms. The molecular weight excluding hydrogens is 299 g/mol. The monoisotopic (exact) mass is 317 g/mol. The second-order valence-corrected chi connectivity index (χ2v) is 7.25. The largest absolute Gasteiger partial charge is 0.444 e. The van der Waals surface area contributed by atoms with Crippen LogP contribution in [0.2, 0.25) is 0 Å². The Morgan fingerprint density at radius 3 is 2.40 bits per heavy atom. The molecule has 0 saturated carbocycles. The molecule has 1 aliphatic rings. The van der Waals surface area contributed by atoms with Crippen LogP contribution in [0.15, 0.2) is 0 Å². The van der Waals surface area contributed by atoms with Gasteiger partial charge in [0, 0.05) is 19.5 Å². The molecule has 118 valence electrons. The maximum atomic E-state index is 13.6. The lowest BCUT2D eigenvalue weighted by Crippen LogP contribution is -2.52. The van der Waals surface area contributed by atoms with E-state index in [2.05, 4.69) is 0 Å². The van der Waals surface area contributed by atoms with E-state index < -0.39 is 52.5 Å². The van der Waals surface area contributed by atoms with Gasteiger partial charge in [-0.25, -0.2) is 13.6 Å². The van der Waals surface area contributed by atoms with Gasteiger partial charge in [0.05, 0.1) is 11.7 Å². The highest BCUT2D eigenvalue weighted by Gasteiger charge is 2.47. The summed E-state index contributed by atoms with van der Waals surface area (Å²) in [6.07, 6.45) is -1.53. The number of ether oxygens (including phenoxy) is 1. The number of nitrogens with zero attached hydrogens (tertiary/aromatic N) is 1. The Balaban J connectivity index is 2.78. The van der Waals surface area contributed by atoms with Crippen molar-refractivity contribution < 1.29 is 30.6 Å². The number of carbonyl (C=O) groups excluding carboxylic acids is 1. The van der Waals surface area contributed by atoms with Crippen LogP contribution in [-0.2, 0) is 15.0 Å². The molecule has 0 spiro atoms. The van der Waals surface area contributed by atoms with Crippen molar-refractivity contribution in [3.8, 4) is 0 Å². The van der Waals surface area contributed by atoms with Gasteiger partial charge in [-0.15, -0.1) is 3.89 Å². The molecule has 0 aliphatic carbocycles. The Morgan fingerprint density at radius 2 is 1.95 bits per heavy atom. The van der Waals surface area contributed by atoms with Gasteiger partial charge in [-0.05, 0) is 20.8 Å². The van der Waals surface area contributed by atoms with E-state index >= 15 is 0 Å². The molecule has 1 amide bonds. The third kappa shape index (κ3) is 5.18. The number of carbonyl (C=O) groups is 1. The van der Waals surface area contributed by atoms with Gasteiger partial charge in [-0.1, -0.05) is 0 Å². The standard InChI is InChI=1S/C11H18F3NO4S/c1-10(2,3)19-9(16)15-5-4-11(12,13)8(6-15)7-20(14,17)18/h8H,4-7H2,1-3H3. The van der Waals surface area contributed by atoms with E-state index in [1.807, 2.05) is 0 Å². The van der Waals surface area contributed by atoms with Gasteiger partial charge in [-0.2, -0.15) is 8.42 Å². The number of hydrogen-bond acceptors (Lipinski definition) is 4. The fourth-order valence-electron chi connectivity index (χ4n) is 1.89. The highest BCUT2D eigenvalue weighted by atomic mass is 32.3. The number of piperidine rings is 1. The summed E-state index contributed by atoms with van der Waals surface area (Å²) in [5.41, 5.74) is -0.793. The first-order chi connectivity index (χ1) is 8.80. The van der Waals surface area contributed by atoms with Crippen molar-refractivity contribution in [2.45, 2.75) is 38.7 Å². The Labute approximate surface area is 116 Å². The van der Waals surface area contributed by atoms with Gasteiger partial charge < -0.3 is 9.64 Å². The molecule has 1 heterocycles. The number of halogens is 3. The quantitative estimate of drug-likeness (QED) is 0.732. The topological polar surface area (TPSA) is 63.7 Å². The predicted octanol–water partition coefficient (Wildman–Crippen LogP) is 2.18. The summed E-state index contributed by atoms with van der Waals surface area (Å²) >= 11 is 0. The van der Waals surface area contributed by atoms with Crippen LogP contribution < -0.4 is 0 Å². The second kappa shape index (κ2) is 5.42. The average Bonchev–Trinajstić information content (AvgIpc) is 2.16. The van der Waals surface area contributed by atoms with Crippen molar-refractivity contribution in [1.29, 1.82) is 0 Å². The fraction of sp³-hybridized carbons (Fsp3) is 0.909. The van der Waals surface area contributed by atoms with Crippen molar-refractivity contribution in [2.75, 3.05) is 18.8 Å². The van der Waals surface area contributed by atoms with E-state index in [4.69, 9.17) is 4.74 Å². The maximum Gasteiger partial charge on any atom is 0.410 e. The lowest BCUT2D eigenvalue weighted by molar-refractivity contribution is -0.0974. The molecule has 0 aromatic carbocycles. The summed E-state index contributed by atoms with van der Waals surface area (Å²) in [6.45, 7) is 4.04. The smallest absolute Gasteiger partial charge is 0.410 e. The summed E-state index contributed by atoms with van der Waals surface area (Å²) in [7, 11) is -5.04. The van der Waals surface area contributed by atoms with Crippen LogP contribution in [0.1, 0.15) is 27.2 Å². The molecule has 20 heavy (non-hydrogen) atoms. The van der Waals surface area contributed by atoms with E-state index in [0.29, 0.717) is 0 Å². The van der Waals surface area contributed by atoms with Gasteiger partial charge in [0.15, 0.2) is 0 Å². The van der Waals surface area contributed by atoms with Crippen LogP contribution in [0, 0.1) is 5.92 Å². The lowest BCUT2D eigenvalue weighted by atomic mass is 9.95. The maximum absolute atomic E-state index is 13.6. The van der Waals surface area contributed by atoms with Crippen LogP contribution in [0.25, 0.3) is 0 Å². The van der Waals surface area contributed by atoms with E-state index in [0.717, 1.165) is 4.90 Å². The van der Waals surface area contributed by atoms with Gasteiger partial charge in [0.25, 0.3) is 5.92 Å². The minimum Gasteiger partial charge on any atom is -0.444 e. The molecular formula is C11H18F3NO4S. The third-order valence-electron chi connectivity index (χ3n) is 2.81. The van der Waals surface area contributed by atoms with Crippen molar-refractivity contribution in [3.63, 3.8) is 0 Å². The van der Waals surface area contributed by atoms with Crippen molar-refractivity contribution in [2.24, 2.45) is 5.92 Å². The number of rotatable bonds is 2. The molecule has 0 aromatic rings. The molecule has 1 atom stereocenters. The van der Waals surface area contributed by atoms with Crippen LogP contribution in [0.3, 0.4) is 0 Å². The van der Waals surface area contributed by atoms with E-state index in [1.54, 1.807) is 20.8 Å². The van der Waals surface area contributed by atoms with Gasteiger partial charge in [0.2, 0.25) is 0 Å². The summed E-state index contributed by atoms with van der Waals surface area (Å²) in [6, 6.07) is 0. The first kappa shape index (κ1) is 17.1. The molecule has 1 rings (SSSR count). The van der Waals surface area contributed by atoms with Crippen molar-refractivity contribution >= 4 is 16.3 Å². The van der Waals surface area contributed by atoms with Crippen molar-refractivity contribution in [1.82, 2.24) is 4.90 Å². The number of hydrogen-bond donors (Lipinski definition) is 0. The fourth-order valence-corrected chi connectivity index (χ4v) is 2.72. The zero-order valence-corrected chi connectivity index (χ0v) is 12.3. The zero-order valence-electron chi connectivity index (χ0n) is 11.5. The highest BCUT2D eigenvalue weighted by molar-refractivity contribution is 7.86. The minimum atomic E-state index is -5.04. The van der Waals surface area contributed by atoms with E-state index in [-0.39, 0.29) is 6.54 Å². The molecule has 0 N–H and O–H groups in total. The molecule has 0 radical (unpaired) electrons. The SMILES string of the molecule is CC(C)(C)OC(=O)N1CCC(F)(F)C(CS(=O)(=O)F)C1. The molecule has 0 aromatic heterocycles. The molecule has 1 fully saturated rings. The molecule has 5 nitrogen and oxygen atoms in total. The first-order valence-electron chi connectivity index (χ1n) is 6.08. The minimum absolute atomic E-state index is 0.259. The normalized spacial score (nSPS) is 23.5. The second-order valence-electron chi connectivity index (χ2n) is 5.84. The van der Waals surface area contributed by atoms with E-state index in [9.17, 15) is 25.9 Å². The Hall–Kier alpha value is -0.990. The third-order valence-corrected chi connectivity index (χ3v) is 3.61. The summed E-state index contributed by atoms with van der Waals surface area (Å²) < 4.78 is 65.9. The van der Waals surface area contributed by atoms with Crippen LogP contribution >= 0.6 is 0 Å². The van der Waals surface area contributed by atoms with E-state index in [1.165, 1.54) is 0 Å². The van der Waals surface area contributed by atoms with Gasteiger partial charge >= 0.3 is 16.3 Å². The van der Waals surface area contributed by atoms with Crippen LogP contribution in [-0.4, -0.2) is 49.8 Å². The van der Waals surface area contributed by atoms with Crippen molar-refractivity contribution in [3.05, 3.63) is 0 Å².